The minimum absolute atomic E-state index is 0.0207. The summed E-state index contributed by atoms with van der Waals surface area (Å²) in [5.74, 6) is 0.642. The van der Waals surface area contributed by atoms with Crippen LogP contribution in [0.1, 0.15) is 16.9 Å². The fourth-order valence-electron chi connectivity index (χ4n) is 1.87. The summed E-state index contributed by atoms with van der Waals surface area (Å²) in [7, 11) is 1.58. The van der Waals surface area contributed by atoms with Crippen molar-refractivity contribution in [3.63, 3.8) is 0 Å². The molecule has 0 aromatic carbocycles. The molecule has 1 saturated heterocycles. The lowest BCUT2D eigenvalue weighted by Gasteiger charge is -2.19. The molecule has 92 valence electrons. The largest absolute Gasteiger partial charge is 0.497 e. The number of hydrogen-bond acceptors (Lipinski definition) is 4. The number of carbonyl (C=O) groups excluding carboxylic acids is 1. The van der Waals surface area contributed by atoms with Crippen LogP contribution in [0.3, 0.4) is 0 Å². The van der Waals surface area contributed by atoms with Gasteiger partial charge >= 0.3 is 0 Å². The van der Waals surface area contributed by atoms with E-state index in [0.29, 0.717) is 11.4 Å². The molecule has 0 atom stereocenters. The zero-order valence-electron chi connectivity index (χ0n) is 9.98. The fourth-order valence-corrected chi connectivity index (χ4v) is 1.87. The van der Waals surface area contributed by atoms with Crippen molar-refractivity contribution in [1.29, 1.82) is 0 Å². The van der Waals surface area contributed by atoms with Gasteiger partial charge in [0.15, 0.2) is 0 Å². The molecule has 0 spiro atoms. The zero-order valence-corrected chi connectivity index (χ0v) is 9.98. The van der Waals surface area contributed by atoms with Gasteiger partial charge in [-0.25, -0.2) is 0 Å². The van der Waals surface area contributed by atoms with Crippen LogP contribution in [0.15, 0.2) is 18.3 Å². The van der Waals surface area contributed by atoms with E-state index in [1.807, 2.05) is 4.90 Å². The highest BCUT2D eigenvalue weighted by Crippen LogP contribution is 2.12. The minimum Gasteiger partial charge on any atom is -0.497 e. The molecule has 1 aliphatic rings. The predicted molar refractivity (Wildman–Crippen MR) is 64.2 cm³/mol. The van der Waals surface area contributed by atoms with Crippen LogP contribution in [-0.4, -0.2) is 49.1 Å². The van der Waals surface area contributed by atoms with E-state index in [-0.39, 0.29) is 5.91 Å². The van der Waals surface area contributed by atoms with Gasteiger partial charge in [-0.15, -0.1) is 0 Å². The molecule has 0 aliphatic carbocycles. The first-order valence-corrected chi connectivity index (χ1v) is 5.81. The molecule has 2 rings (SSSR count). The molecule has 1 aromatic rings. The fraction of sp³-hybridized carbons (Fsp3) is 0.500. The summed E-state index contributed by atoms with van der Waals surface area (Å²) in [5.41, 5.74) is 0.450. The molecule has 1 N–H and O–H groups in total. The van der Waals surface area contributed by atoms with Crippen molar-refractivity contribution in [3.05, 3.63) is 24.0 Å². The average molecular weight is 235 g/mol. The van der Waals surface area contributed by atoms with E-state index in [2.05, 4.69) is 10.3 Å². The minimum atomic E-state index is -0.0207. The molecule has 1 fully saturated rings. The monoisotopic (exact) mass is 235 g/mol. The van der Waals surface area contributed by atoms with Crippen LogP contribution in [0, 0.1) is 0 Å². The van der Waals surface area contributed by atoms with Crippen molar-refractivity contribution < 1.29 is 9.53 Å². The highest BCUT2D eigenvalue weighted by atomic mass is 16.5. The van der Waals surface area contributed by atoms with Crippen LogP contribution in [-0.2, 0) is 0 Å². The highest BCUT2D eigenvalue weighted by Gasteiger charge is 2.18. The van der Waals surface area contributed by atoms with Gasteiger partial charge in [0.05, 0.1) is 7.11 Å². The second-order valence-corrected chi connectivity index (χ2v) is 3.98. The van der Waals surface area contributed by atoms with Crippen molar-refractivity contribution in [2.24, 2.45) is 0 Å². The third-order valence-electron chi connectivity index (χ3n) is 2.81. The molecule has 0 bridgehead atoms. The molecule has 1 aromatic heterocycles. The number of amides is 1. The number of nitrogens with one attached hydrogen (secondary N) is 1. The van der Waals surface area contributed by atoms with E-state index in [4.69, 9.17) is 4.74 Å². The molecule has 2 heterocycles. The number of hydrogen-bond donors (Lipinski definition) is 1. The molecule has 5 nitrogen and oxygen atoms in total. The second kappa shape index (κ2) is 5.63. The van der Waals surface area contributed by atoms with Crippen LogP contribution in [0.25, 0.3) is 0 Å². The van der Waals surface area contributed by atoms with Gasteiger partial charge in [0.25, 0.3) is 5.91 Å². The SMILES string of the molecule is COc1ccnc(C(=O)N2CCCNCC2)c1. The summed E-state index contributed by atoms with van der Waals surface area (Å²) in [6.07, 6.45) is 2.58. The molecule has 0 saturated carbocycles. The maximum atomic E-state index is 12.2. The predicted octanol–water partition coefficient (Wildman–Crippen LogP) is 0.526. The van der Waals surface area contributed by atoms with Crippen LogP contribution < -0.4 is 10.1 Å². The number of aromatic nitrogens is 1. The lowest BCUT2D eigenvalue weighted by molar-refractivity contribution is 0.0760. The number of methoxy groups -OCH3 is 1. The number of carbonyl (C=O) groups is 1. The average Bonchev–Trinajstić information content (AvgIpc) is 2.67. The summed E-state index contributed by atoms with van der Waals surface area (Å²) >= 11 is 0. The first-order chi connectivity index (χ1) is 8.31. The maximum Gasteiger partial charge on any atom is 0.272 e. The van der Waals surface area contributed by atoms with Crippen LogP contribution in [0.2, 0.25) is 0 Å². The summed E-state index contributed by atoms with van der Waals surface area (Å²) in [6.45, 7) is 3.33. The van der Waals surface area contributed by atoms with Gasteiger partial charge in [0.2, 0.25) is 0 Å². The Bertz CT molecular complexity index is 387. The number of nitrogens with zero attached hydrogens (tertiary/aromatic N) is 2. The Morgan fingerprint density at radius 2 is 2.35 bits per heavy atom. The molecule has 1 aliphatic heterocycles. The van der Waals surface area contributed by atoms with Crippen LogP contribution >= 0.6 is 0 Å². The Morgan fingerprint density at radius 1 is 1.47 bits per heavy atom. The molecule has 17 heavy (non-hydrogen) atoms. The first-order valence-electron chi connectivity index (χ1n) is 5.81. The van der Waals surface area contributed by atoms with Gasteiger partial charge in [-0.1, -0.05) is 0 Å². The van der Waals surface area contributed by atoms with Gasteiger partial charge in [-0.3, -0.25) is 9.78 Å². The van der Waals surface area contributed by atoms with Gasteiger partial charge < -0.3 is 15.0 Å². The quantitative estimate of drug-likeness (QED) is 0.812. The van der Waals surface area contributed by atoms with E-state index >= 15 is 0 Å². The Kier molecular flexibility index (Phi) is 3.93. The van der Waals surface area contributed by atoms with Crippen molar-refractivity contribution in [2.45, 2.75) is 6.42 Å². The lowest BCUT2D eigenvalue weighted by Crippen LogP contribution is -2.34. The topological polar surface area (TPSA) is 54.5 Å². The molecule has 5 heteroatoms. The Hall–Kier alpha value is -1.62. The lowest BCUT2D eigenvalue weighted by atomic mass is 10.3. The third-order valence-corrected chi connectivity index (χ3v) is 2.81. The molecule has 0 radical (unpaired) electrons. The van der Waals surface area contributed by atoms with Crippen molar-refractivity contribution >= 4 is 5.91 Å². The van der Waals surface area contributed by atoms with E-state index in [0.717, 1.165) is 32.6 Å². The van der Waals surface area contributed by atoms with Crippen LogP contribution in [0.4, 0.5) is 0 Å². The Morgan fingerprint density at radius 3 is 3.18 bits per heavy atom. The normalized spacial score (nSPS) is 16.4. The van der Waals surface area contributed by atoms with Gasteiger partial charge in [0.1, 0.15) is 11.4 Å². The van der Waals surface area contributed by atoms with E-state index in [1.165, 1.54) is 0 Å². The summed E-state index contributed by atoms with van der Waals surface area (Å²) in [4.78, 5) is 18.1. The maximum absolute atomic E-state index is 12.2. The van der Waals surface area contributed by atoms with Crippen molar-refractivity contribution in [2.75, 3.05) is 33.3 Å². The second-order valence-electron chi connectivity index (χ2n) is 3.98. The van der Waals surface area contributed by atoms with E-state index in [9.17, 15) is 4.79 Å². The van der Waals surface area contributed by atoms with Gasteiger partial charge in [-0.05, 0) is 19.0 Å². The van der Waals surface area contributed by atoms with Gasteiger partial charge in [-0.2, -0.15) is 0 Å². The zero-order chi connectivity index (χ0) is 12.1. The van der Waals surface area contributed by atoms with Crippen molar-refractivity contribution in [3.8, 4) is 5.75 Å². The molecule has 1 amide bonds. The smallest absolute Gasteiger partial charge is 0.272 e. The summed E-state index contributed by atoms with van der Waals surface area (Å²) in [6, 6.07) is 3.42. The Labute approximate surface area is 101 Å². The number of ether oxygens (including phenoxy) is 1. The Balaban J connectivity index is 2.11. The van der Waals surface area contributed by atoms with E-state index < -0.39 is 0 Å². The third kappa shape index (κ3) is 2.94. The standard InChI is InChI=1S/C12H17N3O2/c1-17-10-3-5-14-11(9-10)12(16)15-7-2-4-13-6-8-15/h3,5,9,13H,2,4,6-8H2,1H3. The number of pyridine rings is 1. The molecule has 0 unspecified atom stereocenters. The van der Waals surface area contributed by atoms with E-state index in [1.54, 1.807) is 25.4 Å². The first kappa shape index (κ1) is 11.9. The molecular weight excluding hydrogens is 218 g/mol. The number of rotatable bonds is 2. The molecular formula is C12H17N3O2. The highest BCUT2D eigenvalue weighted by molar-refractivity contribution is 5.92. The van der Waals surface area contributed by atoms with Crippen molar-refractivity contribution in [1.82, 2.24) is 15.2 Å². The summed E-state index contributed by atoms with van der Waals surface area (Å²) < 4.78 is 5.09. The summed E-state index contributed by atoms with van der Waals surface area (Å²) in [5, 5.41) is 3.27. The van der Waals surface area contributed by atoms with Gasteiger partial charge in [0, 0.05) is 31.9 Å². The van der Waals surface area contributed by atoms with Crippen LogP contribution in [0.5, 0.6) is 5.75 Å².